The standard InChI is InChI=1S/C11H8N4O/c12-15-14-6-2-1-3-9-4-5-11-10(7-9)13-8-16-11/h4-5,7-8H,2,6H2. The lowest BCUT2D eigenvalue weighted by Gasteiger charge is -1.88. The van der Waals surface area contributed by atoms with Gasteiger partial charge < -0.3 is 4.42 Å². The number of aromatic nitrogens is 1. The van der Waals surface area contributed by atoms with Crippen LogP contribution in [0, 0.1) is 11.8 Å². The van der Waals surface area contributed by atoms with Crippen LogP contribution in [-0.4, -0.2) is 11.5 Å². The number of nitrogens with zero attached hydrogens (tertiary/aromatic N) is 4. The molecule has 0 unspecified atom stereocenters. The molecule has 0 saturated heterocycles. The van der Waals surface area contributed by atoms with E-state index in [2.05, 4.69) is 26.9 Å². The summed E-state index contributed by atoms with van der Waals surface area (Å²) in [6, 6.07) is 5.56. The molecular weight excluding hydrogens is 204 g/mol. The number of hydrogen-bond donors (Lipinski definition) is 0. The zero-order chi connectivity index (χ0) is 11.2. The summed E-state index contributed by atoms with van der Waals surface area (Å²) in [5.41, 5.74) is 10.5. The van der Waals surface area contributed by atoms with Crippen molar-refractivity contribution in [2.45, 2.75) is 6.42 Å². The smallest absolute Gasteiger partial charge is 0.181 e. The van der Waals surface area contributed by atoms with Crippen molar-refractivity contribution in [1.29, 1.82) is 0 Å². The van der Waals surface area contributed by atoms with Crippen LogP contribution in [0.5, 0.6) is 0 Å². The fraction of sp³-hybridized carbons (Fsp3) is 0.182. The highest BCUT2D eigenvalue weighted by atomic mass is 16.3. The second-order valence-corrected chi connectivity index (χ2v) is 3.04. The molecule has 0 fully saturated rings. The quantitative estimate of drug-likeness (QED) is 0.252. The Bertz CT molecular complexity index is 599. The third-order valence-corrected chi connectivity index (χ3v) is 1.96. The van der Waals surface area contributed by atoms with E-state index in [-0.39, 0.29) is 0 Å². The van der Waals surface area contributed by atoms with E-state index in [1.807, 2.05) is 18.2 Å². The molecule has 0 atom stereocenters. The van der Waals surface area contributed by atoms with E-state index in [1.54, 1.807) is 0 Å². The Morgan fingerprint density at radius 2 is 2.44 bits per heavy atom. The van der Waals surface area contributed by atoms with Gasteiger partial charge in [0.25, 0.3) is 0 Å². The monoisotopic (exact) mass is 212 g/mol. The molecule has 0 aliphatic rings. The number of benzene rings is 1. The molecule has 0 saturated carbocycles. The Morgan fingerprint density at radius 1 is 1.50 bits per heavy atom. The minimum atomic E-state index is 0.399. The van der Waals surface area contributed by atoms with Crippen molar-refractivity contribution < 1.29 is 4.42 Å². The molecule has 0 spiro atoms. The van der Waals surface area contributed by atoms with Gasteiger partial charge in [-0.2, -0.15) is 0 Å². The van der Waals surface area contributed by atoms with Crippen LogP contribution in [0.15, 0.2) is 34.1 Å². The molecule has 2 rings (SSSR count). The maximum Gasteiger partial charge on any atom is 0.181 e. The van der Waals surface area contributed by atoms with E-state index in [9.17, 15) is 0 Å². The summed E-state index contributed by atoms with van der Waals surface area (Å²) < 4.78 is 5.12. The molecule has 1 aromatic heterocycles. The molecule has 0 amide bonds. The lowest BCUT2D eigenvalue weighted by Crippen LogP contribution is -1.77. The van der Waals surface area contributed by atoms with Gasteiger partial charge in [-0.05, 0) is 23.7 Å². The Balaban J connectivity index is 2.11. The van der Waals surface area contributed by atoms with Crippen molar-refractivity contribution in [3.05, 3.63) is 40.6 Å². The molecule has 0 aliphatic carbocycles. The SMILES string of the molecule is [N-]=[N+]=NCCC#Cc1ccc2ocnc2c1. The van der Waals surface area contributed by atoms with Gasteiger partial charge in [-0.15, -0.1) is 0 Å². The van der Waals surface area contributed by atoms with E-state index < -0.39 is 0 Å². The Kier molecular flexibility index (Phi) is 3.07. The van der Waals surface area contributed by atoms with Crippen molar-refractivity contribution in [3.63, 3.8) is 0 Å². The first-order valence-corrected chi connectivity index (χ1v) is 4.73. The maximum absolute atomic E-state index is 8.07. The minimum absolute atomic E-state index is 0.399. The Labute approximate surface area is 91.7 Å². The highest BCUT2D eigenvalue weighted by Gasteiger charge is 1.97. The summed E-state index contributed by atoms with van der Waals surface area (Å²) >= 11 is 0. The molecule has 2 aromatic rings. The number of fused-ring (bicyclic) bond motifs is 1. The molecule has 16 heavy (non-hydrogen) atoms. The summed E-state index contributed by atoms with van der Waals surface area (Å²) in [6.07, 6.45) is 1.96. The van der Waals surface area contributed by atoms with Gasteiger partial charge in [0, 0.05) is 23.4 Å². The Morgan fingerprint density at radius 3 is 3.31 bits per heavy atom. The topological polar surface area (TPSA) is 74.8 Å². The summed E-state index contributed by atoms with van der Waals surface area (Å²) in [7, 11) is 0. The molecule has 1 heterocycles. The van der Waals surface area contributed by atoms with E-state index in [0.29, 0.717) is 13.0 Å². The lowest BCUT2D eigenvalue weighted by molar-refractivity contribution is 0.602. The molecule has 5 nitrogen and oxygen atoms in total. The molecule has 5 heteroatoms. The fourth-order valence-corrected chi connectivity index (χ4v) is 1.25. The molecular formula is C11H8N4O. The third kappa shape index (κ3) is 2.32. The largest absolute Gasteiger partial charge is 0.443 e. The van der Waals surface area contributed by atoms with Crippen LogP contribution in [0.4, 0.5) is 0 Å². The van der Waals surface area contributed by atoms with Gasteiger partial charge in [0.05, 0.1) is 0 Å². The maximum atomic E-state index is 8.07. The summed E-state index contributed by atoms with van der Waals surface area (Å²) in [5.74, 6) is 5.89. The average Bonchev–Trinajstić information content (AvgIpc) is 2.76. The third-order valence-electron chi connectivity index (χ3n) is 1.96. The van der Waals surface area contributed by atoms with Crippen LogP contribution in [0.1, 0.15) is 12.0 Å². The number of rotatable bonds is 2. The second-order valence-electron chi connectivity index (χ2n) is 3.04. The first kappa shape index (κ1) is 10.1. The Hall–Kier alpha value is -2.44. The molecule has 0 bridgehead atoms. The highest BCUT2D eigenvalue weighted by molar-refractivity contribution is 5.73. The molecule has 0 radical (unpaired) electrons. The molecule has 0 N–H and O–H groups in total. The molecule has 1 aromatic carbocycles. The van der Waals surface area contributed by atoms with Gasteiger partial charge >= 0.3 is 0 Å². The van der Waals surface area contributed by atoms with Gasteiger partial charge in [0.2, 0.25) is 0 Å². The van der Waals surface area contributed by atoms with Crippen molar-refractivity contribution in [3.8, 4) is 11.8 Å². The van der Waals surface area contributed by atoms with E-state index in [1.165, 1.54) is 6.39 Å². The van der Waals surface area contributed by atoms with Crippen LogP contribution < -0.4 is 0 Å². The van der Waals surface area contributed by atoms with Crippen LogP contribution in [0.3, 0.4) is 0 Å². The van der Waals surface area contributed by atoms with E-state index >= 15 is 0 Å². The zero-order valence-corrected chi connectivity index (χ0v) is 8.42. The first-order valence-electron chi connectivity index (χ1n) is 4.73. The molecule has 78 valence electrons. The van der Waals surface area contributed by atoms with Gasteiger partial charge in [0.1, 0.15) is 5.52 Å². The van der Waals surface area contributed by atoms with Crippen molar-refractivity contribution >= 4 is 11.1 Å². The number of oxazole rings is 1. The molecule has 0 aliphatic heterocycles. The zero-order valence-electron chi connectivity index (χ0n) is 8.42. The van der Waals surface area contributed by atoms with Crippen LogP contribution >= 0.6 is 0 Å². The van der Waals surface area contributed by atoms with Crippen molar-refractivity contribution in [2.75, 3.05) is 6.54 Å². The summed E-state index contributed by atoms with van der Waals surface area (Å²) in [5, 5.41) is 3.40. The highest BCUT2D eigenvalue weighted by Crippen LogP contribution is 2.13. The summed E-state index contributed by atoms with van der Waals surface area (Å²) in [4.78, 5) is 6.69. The van der Waals surface area contributed by atoms with Gasteiger partial charge in [-0.25, -0.2) is 4.98 Å². The summed E-state index contributed by atoms with van der Waals surface area (Å²) in [6.45, 7) is 0.399. The van der Waals surface area contributed by atoms with Crippen molar-refractivity contribution in [1.82, 2.24) is 4.98 Å². The van der Waals surface area contributed by atoms with Gasteiger partial charge in [-0.1, -0.05) is 17.0 Å². The van der Waals surface area contributed by atoms with Gasteiger partial charge in [0.15, 0.2) is 12.0 Å². The average molecular weight is 212 g/mol. The number of azide groups is 1. The predicted molar refractivity (Wildman–Crippen MR) is 59.5 cm³/mol. The van der Waals surface area contributed by atoms with E-state index in [4.69, 9.17) is 9.95 Å². The lowest BCUT2D eigenvalue weighted by atomic mass is 10.2. The minimum Gasteiger partial charge on any atom is -0.443 e. The van der Waals surface area contributed by atoms with Gasteiger partial charge in [-0.3, -0.25) is 0 Å². The predicted octanol–water partition coefficient (Wildman–Crippen LogP) is 2.88. The van der Waals surface area contributed by atoms with Crippen LogP contribution in [-0.2, 0) is 0 Å². The van der Waals surface area contributed by atoms with E-state index in [0.717, 1.165) is 16.7 Å². The van der Waals surface area contributed by atoms with Crippen molar-refractivity contribution in [2.24, 2.45) is 5.11 Å². The number of hydrogen-bond acceptors (Lipinski definition) is 3. The van der Waals surface area contributed by atoms with Crippen LogP contribution in [0.2, 0.25) is 0 Å². The fourth-order valence-electron chi connectivity index (χ4n) is 1.25. The normalized spacial score (nSPS) is 9.25. The second kappa shape index (κ2) is 4.87. The van der Waals surface area contributed by atoms with Crippen LogP contribution in [0.25, 0.3) is 21.5 Å². The first-order chi connectivity index (χ1) is 7.90.